The average molecular weight is 376 g/mol. The van der Waals surface area contributed by atoms with E-state index in [4.69, 9.17) is 0 Å². The van der Waals surface area contributed by atoms with Gasteiger partial charge in [-0.15, -0.1) is 5.10 Å². The second-order valence-electron chi connectivity index (χ2n) is 7.13. The molecule has 2 aromatic rings. The van der Waals surface area contributed by atoms with Crippen LogP contribution in [0.2, 0.25) is 0 Å². The van der Waals surface area contributed by atoms with Crippen molar-refractivity contribution in [1.82, 2.24) is 30.0 Å². The lowest BCUT2D eigenvalue weighted by molar-refractivity contribution is -0.113. The van der Waals surface area contributed by atoms with Crippen LogP contribution in [0.15, 0.2) is 17.4 Å². The minimum absolute atomic E-state index is 0.0482. The average Bonchev–Trinajstić information content (AvgIpc) is 3.41. The van der Waals surface area contributed by atoms with Crippen LogP contribution in [-0.2, 0) is 4.79 Å². The summed E-state index contributed by atoms with van der Waals surface area (Å²) in [4.78, 5) is 12.4. The molecule has 2 saturated carbocycles. The fourth-order valence-electron chi connectivity index (χ4n) is 4.00. The molecule has 9 heteroatoms. The van der Waals surface area contributed by atoms with Crippen LogP contribution in [0.4, 0.5) is 5.82 Å². The molecular formula is C17H25N7OS. The van der Waals surface area contributed by atoms with E-state index in [1.54, 1.807) is 6.20 Å². The summed E-state index contributed by atoms with van der Waals surface area (Å²) in [6, 6.07) is 2.65. The predicted octanol–water partition coefficient (Wildman–Crippen LogP) is 3.22. The Morgan fingerprint density at radius 2 is 1.77 bits per heavy atom. The Kier molecular flexibility index (Phi) is 5.52. The van der Waals surface area contributed by atoms with Gasteiger partial charge in [0.25, 0.3) is 0 Å². The molecule has 0 aliphatic heterocycles. The van der Waals surface area contributed by atoms with Gasteiger partial charge in [0, 0.05) is 6.07 Å². The van der Waals surface area contributed by atoms with Gasteiger partial charge in [0.1, 0.15) is 5.82 Å². The third kappa shape index (κ3) is 3.92. The number of anilines is 1. The van der Waals surface area contributed by atoms with E-state index in [-0.39, 0.29) is 5.91 Å². The highest BCUT2D eigenvalue weighted by molar-refractivity contribution is 7.99. The zero-order valence-corrected chi connectivity index (χ0v) is 15.7. The van der Waals surface area contributed by atoms with E-state index >= 15 is 0 Å². The molecule has 8 nitrogen and oxygen atoms in total. The number of carbonyl (C=O) groups excluding carboxylic acids is 1. The molecule has 2 aliphatic rings. The molecule has 2 aliphatic carbocycles. The van der Waals surface area contributed by atoms with Crippen LogP contribution < -0.4 is 5.32 Å². The number of hydrogen-bond donors (Lipinski definition) is 1. The first kappa shape index (κ1) is 17.5. The lowest BCUT2D eigenvalue weighted by Crippen LogP contribution is -2.20. The minimum Gasteiger partial charge on any atom is -0.310 e. The third-order valence-electron chi connectivity index (χ3n) is 5.32. The van der Waals surface area contributed by atoms with E-state index in [0.717, 1.165) is 36.7 Å². The quantitative estimate of drug-likeness (QED) is 0.780. The summed E-state index contributed by atoms with van der Waals surface area (Å²) in [7, 11) is 0. The van der Waals surface area contributed by atoms with Crippen LogP contribution in [-0.4, -0.2) is 41.6 Å². The van der Waals surface area contributed by atoms with Crippen molar-refractivity contribution < 1.29 is 4.79 Å². The molecule has 2 fully saturated rings. The lowest BCUT2D eigenvalue weighted by Gasteiger charge is -2.21. The number of rotatable bonds is 6. The standard InChI is InChI=1S/C17H25N7OS/c25-16(19-15-10-11-18-23(15)13-8-4-5-9-13)12-26-17-20-21-22-24(17)14-6-2-1-3-7-14/h10-11,13-14H,1-9,12H2,(H,19,25). The van der Waals surface area contributed by atoms with Gasteiger partial charge in [-0.05, 0) is 36.1 Å². The molecular weight excluding hydrogens is 350 g/mol. The summed E-state index contributed by atoms with van der Waals surface area (Å²) in [5.41, 5.74) is 0. The van der Waals surface area contributed by atoms with Gasteiger partial charge in [0.2, 0.25) is 11.1 Å². The van der Waals surface area contributed by atoms with Gasteiger partial charge in [0.05, 0.1) is 24.0 Å². The van der Waals surface area contributed by atoms with Crippen molar-refractivity contribution in [3.63, 3.8) is 0 Å². The largest absolute Gasteiger partial charge is 0.310 e. The van der Waals surface area contributed by atoms with Gasteiger partial charge in [-0.1, -0.05) is 43.9 Å². The van der Waals surface area contributed by atoms with Gasteiger partial charge in [-0.2, -0.15) is 5.10 Å². The number of carbonyl (C=O) groups is 1. The molecule has 0 bridgehead atoms. The first-order valence-corrected chi connectivity index (χ1v) is 10.5. The summed E-state index contributed by atoms with van der Waals surface area (Å²) >= 11 is 1.40. The van der Waals surface area contributed by atoms with Gasteiger partial charge in [-0.3, -0.25) is 4.79 Å². The van der Waals surface area contributed by atoms with Crippen LogP contribution in [0.5, 0.6) is 0 Å². The van der Waals surface area contributed by atoms with E-state index < -0.39 is 0 Å². The zero-order valence-electron chi connectivity index (χ0n) is 14.9. The molecule has 2 heterocycles. The number of hydrogen-bond acceptors (Lipinski definition) is 6. The Balaban J connectivity index is 1.34. The van der Waals surface area contributed by atoms with Crippen molar-refractivity contribution in [2.24, 2.45) is 0 Å². The topological polar surface area (TPSA) is 90.5 Å². The second kappa shape index (κ2) is 8.20. The summed E-state index contributed by atoms with van der Waals surface area (Å²) in [6.07, 6.45) is 12.5. The molecule has 1 amide bonds. The zero-order chi connectivity index (χ0) is 17.8. The molecule has 26 heavy (non-hydrogen) atoms. The Morgan fingerprint density at radius 3 is 2.54 bits per heavy atom. The molecule has 0 aromatic carbocycles. The maximum atomic E-state index is 12.4. The highest BCUT2D eigenvalue weighted by Crippen LogP contribution is 2.32. The molecule has 2 aromatic heterocycles. The SMILES string of the molecule is O=C(CSc1nnnn1C1CCCCC1)Nc1ccnn1C1CCCC1. The van der Waals surface area contributed by atoms with Gasteiger partial charge in [-0.25, -0.2) is 9.36 Å². The van der Waals surface area contributed by atoms with Crippen LogP contribution in [0.1, 0.15) is 69.9 Å². The smallest absolute Gasteiger partial charge is 0.235 e. The molecule has 0 atom stereocenters. The Bertz CT molecular complexity index is 731. The highest BCUT2D eigenvalue weighted by Gasteiger charge is 2.22. The van der Waals surface area contributed by atoms with Crippen molar-refractivity contribution in [2.75, 3.05) is 11.1 Å². The van der Waals surface area contributed by atoms with Crippen molar-refractivity contribution in [2.45, 2.75) is 75.0 Å². The summed E-state index contributed by atoms with van der Waals surface area (Å²) in [5, 5.41) is 20.2. The highest BCUT2D eigenvalue weighted by atomic mass is 32.2. The van der Waals surface area contributed by atoms with Gasteiger partial charge >= 0.3 is 0 Å². The number of thioether (sulfide) groups is 1. The van der Waals surface area contributed by atoms with Crippen molar-refractivity contribution in [3.8, 4) is 0 Å². The molecule has 0 saturated heterocycles. The van der Waals surface area contributed by atoms with E-state index in [0.29, 0.717) is 17.8 Å². The maximum Gasteiger partial charge on any atom is 0.235 e. The van der Waals surface area contributed by atoms with Crippen LogP contribution in [0.3, 0.4) is 0 Å². The van der Waals surface area contributed by atoms with Crippen LogP contribution >= 0.6 is 11.8 Å². The minimum atomic E-state index is -0.0482. The molecule has 4 rings (SSSR count). The number of nitrogens with zero attached hydrogens (tertiary/aromatic N) is 6. The van der Waals surface area contributed by atoms with Crippen LogP contribution in [0.25, 0.3) is 0 Å². The van der Waals surface area contributed by atoms with E-state index in [9.17, 15) is 4.79 Å². The van der Waals surface area contributed by atoms with E-state index in [2.05, 4.69) is 25.9 Å². The molecule has 1 N–H and O–H groups in total. The summed E-state index contributed by atoms with van der Waals surface area (Å²) < 4.78 is 3.86. The maximum absolute atomic E-state index is 12.4. The fourth-order valence-corrected chi connectivity index (χ4v) is 4.74. The van der Waals surface area contributed by atoms with Crippen molar-refractivity contribution in [3.05, 3.63) is 12.3 Å². The molecule has 0 unspecified atom stereocenters. The molecule has 0 radical (unpaired) electrons. The predicted molar refractivity (Wildman–Crippen MR) is 99.0 cm³/mol. The first-order chi connectivity index (χ1) is 12.8. The second-order valence-corrected chi connectivity index (χ2v) is 8.08. The van der Waals surface area contributed by atoms with E-state index in [1.807, 2.05) is 15.4 Å². The number of amides is 1. The lowest BCUT2D eigenvalue weighted by atomic mass is 9.96. The summed E-state index contributed by atoms with van der Waals surface area (Å²) in [5.74, 6) is 1.03. The van der Waals surface area contributed by atoms with Gasteiger partial charge in [0.15, 0.2) is 0 Å². The molecule has 0 spiro atoms. The van der Waals surface area contributed by atoms with Crippen molar-refractivity contribution in [1.29, 1.82) is 0 Å². The van der Waals surface area contributed by atoms with E-state index in [1.165, 1.54) is 43.9 Å². The normalized spacial score (nSPS) is 19.1. The third-order valence-corrected chi connectivity index (χ3v) is 6.26. The monoisotopic (exact) mass is 375 g/mol. The first-order valence-electron chi connectivity index (χ1n) is 9.55. The number of aromatic nitrogens is 6. The summed E-state index contributed by atoms with van der Waals surface area (Å²) in [6.45, 7) is 0. The Morgan fingerprint density at radius 1 is 1.08 bits per heavy atom. The fraction of sp³-hybridized carbons (Fsp3) is 0.706. The Labute approximate surface area is 157 Å². The molecule has 140 valence electrons. The Hall–Kier alpha value is -1.90. The van der Waals surface area contributed by atoms with Crippen molar-refractivity contribution >= 4 is 23.5 Å². The number of tetrazole rings is 1. The van der Waals surface area contributed by atoms with Gasteiger partial charge < -0.3 is 5.32 Å². The number of nitrogens with one attached hydrogen (secondary N) is 1. The van der Waals surface area contributed by atoms with Crippen LogP contribution in [0, 0.1) is 0 Å².